The summed E-state index contributed by atoms with van der Waals surface area (Å²) >= 11 is 0. The maximum atomic E-state index is 12.4. The zero-order chi connectivity index (χ0) is 18.4. The van der Waals surface area contributed by atoms with Crippen molar-refractivity contribution < 1.29 is 23.1 Å². The number of carbonyl (C=O) groups is 1. The lowest BCUT2D eigenvalue weighted by molar-refractivity contribution is 0.0697. The van der Waals surface area contributed by atoms with E-state index in [-0.39, 0.29) is 22.6 Å². The van der Waals surface area contributed by atoms with Crippen LogP contribution in [0.5, 0.6) is 0 Å². The Bertz CT molecular complexity index is 699. The van der Waals surface area contributed by atoms with E-state index in [1.807, 2.05) is 6.92 Å². The minimum Gasteiger partial charge on any atom is -0.478 e. The van der Waals surface area contributed by atoms with E-state index in [0.29, 0.717) is 18.7 Å². The Hall–Kier alpha value is -1.64. The molecule has 0 spiro atoms. The van der Waals surface area contributed by atoms with Gasteiger partial charge in [-0.05, 0) is 44.4 Å². The lowest BCUT2D eigenvalue weighted by Crippen LogP contribution is -2.32. The summed E-state index contributed by atoms with van der Waals surface area (Å²) in [6, 6.07) is 3.91. The second-order valence-electron chi connectivity index (χ2n) is 6.34. The molecule has 3 N–H and O–H groups in total. The summed E-state index contributed by atoms with van der Waals surface area (Å²) in [5.74, 6) is -1.17. The molecule has 25 heavy (non-hydrogen) atoms. The van der Waals surface area contributed by atoms with Crippen molar-refractivity contribution in [2.45, 2.75) is 56.6 Å². The fraction of sp³-hybridized carbons (Fsp3) is 0.588. The van der Waals surface area contributed by atoms with E-state index in [1.54, 1.807) is 6.92 Å². The van der Waals surface area contributed by atoms with Gasteiger partial charge < -0.3 is 15.2 Å². The monoisotopic (exact) mass is 370 g/mol. The van der Waals surface area contributed by atoms with Crippen molar-refractivity contribution in [1.82, 2.24) is 4.72 Å². The smallest absolute Gasteiger partial charge is 0.337 e. The maximum Gasteiger partial charge on any atom is 0.337 e. The number of ether oxygens (including phenoxy) is 1. The highest BCUT2D eigenvalue weighted by Gasteiger charge is 2.22. The van der Waals surface area contributed by atoms with E-state index < -0.39 is 16.0 Å². The Kier molecular flexibility index (Phi) is 6.80. The van der Waals surface area contributed by atoms with Gasteiger partial charge in [-0.2, -0.15) is 0 Å². The van der Waals surface area contributed by atoms with E-state index in [0.717, 1.165) is 25.9 Å². The number of hydrogen-bond donors (Lipinski definition) is 3. The average molecular weight is 370 g/mol. The first kappa shape index (κ1) is 19.7. The largest absolute Gasteiger partial charge is 0.478 e. The first-order valence-corrected chi connectivity index (χ1v) is 10.1. The topological polar surface area (TPSA) is 105 Å². The summed E-state index contributed by atoms with van der Waals surface area (Å²) < 4.78 is 32.9. The van der Waals surface area contributed by atoms with Crippen molar-refractivity contribution in [2.75, 3.05) is 18.5 Å². The molecular weight excluding hydrogens is 344 g/mol. The molecule has 0 bridgehead atoms. The molecule has 1 aliphatic rings. The van der Waals surface area contributed by atoms with Gasteiger partial charge in [-0.3, -0.25) is 0 Å². The van der Waals surface area contributed by atoms with Gasteiger partial charge in [0.2, 0.25) is 10.0 Å². The van der Waals surface area contributed by atoms with Crippen LogP contribution in [0, 0.1) is 0 Å². The molecule has 8 heteroatoms. The van der Waals surface area contributed by atoms with Gasteiger partial charge in [0, 0.05) is 24.9 Å². The quantitative estimate of drug-likeness (QED) is 0.617. The molecule has 1 heterocycles. The second kappa shape index (κ2) is 8.64. The van der Waals surface area contributed by atoms with Crippen LogP contribution in [0.15, 0.2) is 23.1 Å². The van der Waals surface area contributed by atoms with Gasteiger partial charge in [-0.25, -0.2) is 17.9 Å². The van der Waals surface area contributed by atoms with Crippen LogP contribution in [0.2, 0.25) is 0 Å². The van der Waals surface area contributed by atoms with Crippen LogP contribution >= 0.6 is 0 Å². The highest BCUT2D eigenvalue weighted by molar-refractivity contribution is 7.89. The summed E-state index contributed by atoms with van der Waals surface area (Å²) in [5, 5.41) is 12.5. The summed E-state index contributed by atoms with van der Waals surface area (Å²) in [6.07, 6.45) is 3.56. The van der Waals surface area contributed by atoms with Crippen LogP contribution in [0.1, 0.15) is 49.9 Å². The molecule has 1 aromatic carbocycles. The van der Waals surface area contributed by atoms with Crippen molar-refractivity contribution in [1.29, 1.82) is 0 Å². The third-order valence-corrected chi connectivity index (χ3v) is 5.74. The van der Waals surface area contributed by atoms with Gasteiger partial charge in [0.1, 0.15) is 0 Å². The van der Waals surface area contributed by atoms with E-state index in [1.165, 1.54) is 18.2 Å². The molecular formula is C17H26N2O5S. The molecule has 0 aromatic heterocycles. The van der Waals surface area contributed by atoms with E-state index >= 15 is 0 Å². The molecule has 0 amide bonds. The standard InChI is InChI=1S/C17H26N2O5S/c1-3-5-12(2)19-25(22,23)14-7-8-16(15(10-14)17(20)21)18-11-13-6-4-9-24-13/h7-8,10,12-13,18-19H,3-6,9,11H2,1-2H3,(H,20,21)/t12-,13-/m1/s1. The van der Waals surface area contributed by atoms with E-state index in [2.05, 4.69) is 10.0 Å². The van der Waals surface area contributed by atoms with E-state index in [4.69, 9.17) is 4.74 Å². The number of carboxylic acid groups (broad SMARTS) is 1. The Balaban J connectivity index is 2.17. The van der Waals surface area contributed by atoms with Gasteiger partial charge >= 0.3 is 5.97 Å². The fourth-order valence-electron chi connectivity index (χ4n) is 2.88. The zero-order valence-corrected chi connectivity index (χ0v) is 15.4. The average Bonchev–Trinajstić information content (AvgIpc) is 3.05. The Morgan fingerprint density at radius 2 is 2.20 bits per heavy atom. The minimum atomic E-state index is -3.75. The summed E-state index contributed by atoms with van der Waals surface area (Å²) in [7, 11) is -3.75. The molecule has 0 aliphatic carbocycles. The first-order chi connectivity index (χ1) is 11.8. The molecule has 2 atom stereocenters. The number of benzene rings is 1. The lowest BCUT2D eigenvalue weighted by atomic mass is 10.1. The Labute approximate surface area is 148 Å². The van der Waals surface area contributed by atoms with Crippen molar-refractivity contribution in [3.8, 4) is 0 Å². The predicted octanol–water partition coefficient (Wildman–Crippen LogP) is 2.44. The molecule has 1 aliphatic heterocycles. The van der Waals surface area contributed by atoms with Crippen LogP contribution in [0.25, 0.3) is 0 Å². The molecule has 0 saturated carbocycles. The second-order valence-corrected chi connectivity index (χ2v) is 8.05. The van der Waals surface area contributed by atoms with Crippen molar-refractivity contribution in [3.05, 3.63) is 23.8 Å². The van der Waals surface area contributed by atoms with Crippen LogP contribution < -0.4 is 10.0 Å². The third-order valence-electron chi connectivity index (χ3n) is 4.15. The molecule has 0 radical (unpaired) electrons. The SMILES string of the molecule is CCC[C@@H](C)NS(=O)(=O)c1ccc(NC[C@H]2CCCO2)c(C(=O)O)c1. The predicted molar refractivity (Wildman–Crippen MR) is 95.6 cm³/mol. The Morgan fingerprint density at radius 1 is 1.44 bits per heavy atom. The van der Waals surface area contributed by atoms with Crippen LogP contribution in [0.4, 0.5) is 5.69 Å². The van der Waals surface area contributed by atoms with E-state index in [9.17, 15) is 18.3 Å². The molecule has 1 saturated heterocycles. The molecule has 1 fully saturated rings. The highest BCUT2D eigenvalue weighted by atomic mass is 32.2. The number of carboxylic acids is 1. The number of sulfonamides is 1. The number of nitrogens with one attached hydrogen (secondary N) is 2. The van der Waals surface area contributed by atoms with Gasteiger partial charge in [0.15, 0.2) is 0 Å². The van der Waals surface area contributed by atoms with Crippen molar-refractivity contribution >= 4 is 21.7 Å². The van der Waals surface area contributed by atoms with Gasteiger partial charge in [-0.15, -0.1) is 0 Å². The zero-order valence-electron chi connectivity index (χ0n) is 14.6. The summed E-state index contributed by atoms with van der Waals surface area (Å²) in [6.45, 7) is 4.98. The number of aromatic carboxylic acids is 1. The third kappa shape index (κ3) is 5.42. The van der Waals surface area contributed by atoms with Gasteiger partial charge in [0.25, 0.3) is 0 Å². The first-order valence-electron chi connectivity index (χ1n) is 8.58. The molecule has 2 rings (SSSR count). The van der Waals surface area contributed by atoms with Crippen molar-refractivity contribution in [3.63, 3.8) is 0 Å². The van der Waals surface area contributed by atoms with Crippen molar-refractivity contribution in [2.24, 2.45) is 0 Å². The normalized spacial score (nSPS) is 18.9. The number of anilines is 1. The molecule has 140 valence electrons. The van der Waals surface area contributed by atoms with Gasteiger partial charge in [-0.1, -0.05) is 13.3 Å². The molecule has 0 unspecified atom stereocenters. The molecule has 1 aromatic rings. The lowest BCUT2D eigenvalue weighted by Gasteiger charge is -2.16. The molecule has 7 nitrogen and oxygen atoms in total. The van der Waals surface area contributed by atoms with Crippen LogP contribution in [-0.4, -0.2) is 44.8 Å². The van der Waals surface area contributed by atoms with Gasteiger partial charge in [0.05, 0.1) is 16.6 Å². The summed E-state index contributed by atoms with van der Waals surface area (Å²) in [5.41, 5.74) is 0.326. The minimum absolute atomic E-state index is 0.0458. The Morgan fingerprint density at radius 3 is 2.80 bits per heavy atom. The maximum absolute atomic E-state index is 12.4. The van der Waals surface area contributed by atoms with Crippen LogP contribution in [0.3, 0.4) is 0 Å². The van der Waals surface area contributed by atoms with Crippen LogP contribution in [-0.2, 0) is 14.8 Å². The number of hydrogen-bond acceptors (Lipinski definition) is 5. The summed E-state index contributed by atoms with van der Waals surface area (Å²) in [4.78, 5) is 11.5. The number of rotatable bonds is 9. The fourth-order valence-corrected chi connectivity index (χ4v) is 4.18. The highest BCUT2D eigenvalue weighted by Crippen LogP contribution is 2.22.